The third kappa shape index (κ3) is 6.35. The van der Waals surface area contributed by atoms with E-state index in [9.17, 15) is 14.9 Å². The number of nitro groups is 1. The maximum atomic E-state index is 12.4. The predicted molar refractivity (Wildman–Crippen MR) is 115 cm³/mol. The van der Waals surface area contributed by atoms with Crippen LogP contribution in [0.3, 0.4) is 0 Å². The van der Waals surface area contributed by atoms with E-state index in [4.69, 9.17) is 58.6 Å². The molecule has 0 spiro atoms. The van der Waals surface area contributed by atoms with Gasteiger partial charge in [0.05, 0.1) is 4.92 Å². The molecule has 2 rings (SSSR count). The molecule has 0 radical (unpaired) electrons. The predicted octanol–water partition coefficient (Wildman–Crippen LogP) is 4.66. The average Bonchev–Trinajstić information content (AvgIpc) is 2.60. The van der Waals surface area contributed by atoms with Crippen LogP contribution in [0.1, 0.15) is 10.4 Å². The number of thiocarbonyl (C=S) groups is 1. The number of halogens is 4. The third-order valence-corrected chi connectivity index (χ3v) is 4.42. The molecular formula is C16H12Cl4N4O3S. The van der Waals surface area contributed by atoms with E-state index in [-0.39, 0.29) is 22.1 Å². The van der Waals surface area contributed by atoms with Gasteiger partial charge in [-0.05, 0) is 36.5 Å². The SMILES string of the molecule is O=C(N[C@H](NC(=S)Nc1ccccc1[N+](=O)[O-])C(Cl)(Cl)Cl)c1cccc(Cl)c1. The number of carbonyl (C=O) groups is 1. The minimum atomic E-state index is -1.98. The van der Waals surface area contributed by atoms with E-state index in [0.29, 0.717) is 5.02 Å². The number of alkyl halides is 3. The summed E-state index contributed by atoms with van der Waals surface area (Å²) in [6, 6.07) is 12.0. The Morgan fingerprint density at radius 2 is 1.79 bits per heavy atom. The molecule has 12 heteroatoms. The van der Waals surface area contributed by atoms with Gasteiger partial charge in [-0.2, -0.15) is 0 Å². The van der Waals surface area contributed by atoms with Crippen molar-refractivity contribution in [2.75, 3.05) is 5.32 Å². The second kappa shape index (κ2) is 9.58. The van der Waals surface area contributed by atoms with Crippen molar-refractivity contribution in [2.24, 2.45) is 0 Å². The zero-order valence-electron chi connectivity index (χ0n) is 13.8. The lowest BCUT2D eigenvalue weighted by atomic mass is 10.2. The summed E-state index contributed by atoms with van der Waals surface area (Å²) in [6.45, 7) is 0. The van der Waals surface area contributed by atoms with Crippen molar-refractivity contribution >= 4 is 81.0 Å². The standard InChI is InChI=1S/C16H12Cl4N4O3S/c17-10-5-3-4-9(8-10)13(25)22-14(16(18,19)20)23-15(28)21-11-6-1-2-7-12(11)24(26)27/h1-8,14H,(H,22,25)(H2,21,23,28)/t14-/m1/s1. The van der Waals surface area contributed by atoms with Gasteiger partial charge in [-0.1, -0.05) is 64.6 Å². The lowest BCUT2D eigenvalue weighted by molar-refractivity contribution is -0.383. The third-order valence-electron chi connectivity index (χ3n) is 3.31. The molecule has 2 aromatic carbocycles. The molecular weight excluding hydrogens is 470 g/mol. The van der Waals surface area contributed by atoms with Crippen LogP contribution in [0.5, 0.6) is 0 Å². The number of anilines is 1. The van der Waals surface area contributed by atoms with E-state index < -0.39 is 20.8 Å². The molecule has 1 amide bonds. The molecule has 0 bridgehead atoms. The molecule has 148 valence electrons. The number of nitro benzene ring substituents is 1. The fourth-order valence-electron chi connectivity index (χ4n) is 2.07. The highest BCUT2D eigenvalue weighted by Crippen LogP contribution is 2.30. The van der Waals surface area contributed by atoms with Gasteiger partial charge in [0, 0.05) is 16.7 Å². The van der Waals surface area contributed by atoms with Crippen molar-refractivity contribution in [1.82, 2.24) is 10.6 Å². The highest BCUT2D eigenvalue weighted by molar-refractivity contribution is 7.80. The van der Waals surface area contributed by atoms with Crippen LogP contribution in [-0.2, 0) is 0 Å². The van der Waals surface area contributed by atoms with Gasteiger partial charge in [-0.25, -0.2) is 0 Å². The first kappa shape index (κ1) is 22.4. The normalized spacial score (nSPS) is 12.0. The monoisotopic (exact) mass is 480 g/mol. The van der Waals surface area contributed by atoms with Gasteiger partial charge in [-0.15, -0.1) is 0 Å². The van der Waals surface area contributed by atoms with E-state index in [1.54, 1.807) is 18.2 Å². The molecule has 0 saturated carbocycles. The fourth-order valence-corrected chi connectivity index (χ4v) is 2.82. The van der Waals surface area contributed by atoms with Gasteiger partial charge in [0.1, 0.15) is 11.9 Å². The lowest BCUT2D eigenvalue weighted by Gasteiger charge is -2.27. The van der Waals surface area contributed by atoms with Crippen molar-refractivity contribution in [3.8, 4) is 0 Å². The second-order valence-electron chi connectivity index (χ2n) is 5.33. The van der Waals surface area contributed by atoms with Crippen molar-refractivity contribution in [1.29, 1.82) is 0 Å². The number of carbonyl (C=O) groups excluding carboxylic acids is 1. The average molecular weight is 482 g/mol. The van der Waals surface area contributed by atoms with Gasteiger partial charge in [0.2, 0.25) is 3.79 Å². The molecule has 1 atom stereocenters. The smallest absolute Gasteiger partial charge is 0.292 e. The zero-order valence-corrected chi connectivity index (χ0v) is 17.6. The van der Waals surface area contributed by atoms with Crippen LogP contribution in [0.2, 0.25) is 5.02 Å². The molecule has 2 aromatic rings. The van der Waals surface area contributed by atoms with E-state index in [1.807, 2.05) is 0 Å². The zero-order chi connectivity index (χ0) is 20.9. The molecule has 0 aliphatic rings. The van der Waals surface area contributed by atoms with Crippen LogP contribution < -0.4 is 16.0 Å². The van der Waals surface area contributed by atoms with Crippen LogP contribution in [-0.4, -0.2) is 25.9 Å². The molecule has 0 aliphatic carbocycles. The summed E-state index contributed by atoms with van der Waals surface area (Å²) in [4.78, 5) is 22.9. The van der Waals surface area contributed by atoms with E-state index in [0.717, 1.165) is 0 Å². The summed E-state index contributed by atoms with van der Waals surface area (Å²) in [6.07, 6.45) is -1.24. The molecule has 7 nitrogen and oxygen atoms in total. The Morgan fingerprint density at radius 1 is 1.11 bits per heavy atom. The van der Waals surface area contributed by atoms with E-state index in [1.165, 1.54) is 30.3 Å². The summed E-state index contributed by atoms with van der Waals surface area (Å²) in [7, 11) is 0. The largest absolute Gasteiger partial charge is 0.339 e. The minimum Gasteiger partial charge on any atom is -0.339 e. The molecule has 0 saturated heterocycles. The summed E-state index contributed by atoms with van der Waals surface area (Å²) >= 11 is 28.8. The highest BCUT2D eigenvalue weighted by Gasteiger charge is 2.35. The molecule has 0 fully saturated rings. The van der Waals surface area contributed by atoms with Crippen LogP contribution in [0.4, 0.5) is 11.4 Å². The number of amides is 1. The Labute approximate surface area is 185 Å². The van der Waals surface area contributed by atoms with Crippen molar-refractivity contribution in [3.63, 3.8) is 0 Å². The molecule has 3 N–H and O–H groups in total. The number of nitrogens with one attached hydrogen (secondary N) is 3. The molecule has 0 aliphatic heterocycles. The molecule has 0 heterocycles. The summed E-state index contributed by atoms with van der Waals surface area (Å²) in [5.41, 5.74) is 0.181. The quantitative estimate of drug-likeness (QED) is 0.189. The Balaban J connectivity index is 2.13. The van der Waals surface area contributed by atoms with E-state index >= 15 is 0 Å². The van der Waals surface area contributed by atoms with Crippen LogP contribution >= 0.6 is 58.6 Å². The maximum absolute atomic E-state index is 12.4. The first-order valence-electron chi connectivity index (χ1n) is 7.52. The van der Waals surface area contributed by atoms with Crippen molar-refractivity contribution in [3.05, 3.63) is 69.2 Å². The summed E-state index contributed by atoms with van der Waals surface area (Å²) in [5.74, 6) is -0.570. The molecule has 0 unspecified atom stereocenters. The van der Waals surface area contributed by atoms with Crippen LogP contribution in [0.25, 0.3) is 0 Å². The van der Waals surface area contributed by atoms with Gasteiger partial charge >= 0.3 is 0 Å². The van der Waals surface area contributed by atoms with Gasteiger partial charge in [0.15, 0.2) is 5.11 Å². The number of nitrogens with zero attached hydrogens (tertiary/aromatic N) is 1. The highest BCUT2D eigenvalue weighted by atomic mass is 35.6. The first-order valence-corrected chi connectivity index (χ1v) is 9.44. The maximum Gasteiger partial charge on any atom is 0.292 e. The van der Waals surface area contributed by atoms with E-state index in [2.05, 4.69) is 16.0 Å². The number of benzene rings is 2. The van der Waals surface area contributed by atoms with Gasteiger partial charge in [0.25, 0.3) is 11.6 Å². The summed E-state index contributed by atoms with van der Waals surface area (Å²) in [5, 5.41) is 19.1. The van der Waals surface area contributed by atoms with Gasteiger partial charge in [-0.3, -0.25) is 14.9 Å². The Kier molecular flexibility index (Phi) is 7.68. The number of para-hydroxylation sites is 2. The second-order valence-corrected chi connectivity index (χ2v) is 8.54. The summed E-state index contributed by atoms with van der Waals surface area (Å²) < 4.78 is -1.98. The first-order chi connectivity index (χ1) is 13.1. The number of hydrogen-bond acceptors (Lipinski definition) is 4. The van der Waals surface area contributed by atoms with Crippen molar-refractivity contribution in [2.45, 2.75) is 9.96 Å². The fraction of sp³-hybridized carbons (Fsp3) is 0.125. The molecule has 28 heavy (non-hydrogen) atoms. The molecule has 0 aromatic heterocycles. The van der Waals surface area contributed by atoms with Crippen LogP contribution in [0, 0.1) is 10.1 Å². The van der Waals surface area contributed by atoms with Crippen molar-refractivity contribution < 1.29 is 9.72 Å². The number of rotatable bonds is 5. The van der Waals surface area contributed by atoms with Gasteiger partial charge < -0.3 is 16.0 Å². The Morgan fingerprint density at radius 3 is 2.39 bits per heavy atom. The Hall–Kier alpha value is -1.84. The van der Waals surface area contributed by atoms with Crippen LogP contribution in [0.15, 0.2) is 48.5 Å². The Bertz CT molecular complexity index is 907. The lowest BCUT2D eigenvalue weighted by Crippen LogP contribution is -2.56. The minimum absolute atomic E-state index is 0.1000. The number of hydrogen-bond donors (Lipinski definition) is 3. The topological polar surface area (TPSA) is 96.3 Å².